The summed E-state index contributed by atoms with van der Waals surface area (Å²) in [5.41, 5.74) is 9.99. The molecule has 8 aromatic carbocycles. The van der Waals surface area contributed by atoms with Gasteiger partial charge in [0.15, 0.2) is 17.5 Å². The summed E-state index contributed by atoms with van der Waals surface area (Å²) in [6.45, 7) is 0. The van der Waals surface area contributed by atoms with Crippen molar-refractivity contribution in [3.8, 4) is 97.5 Å². The SMILES string of the molecule is N#Cc1cc(C#N)cc(-c2ccc3c(c2)c2cc(-c4cc(C#N)cc(C#N)c4)ccc2n3-c2cc(-c3ccccc3F)ccc2-c2nc(-c3ccccc3)nc(-c3ccccc3)n2)c1. The summed E-state index contributed by atoms with van der Waals surface area (Å²) in [5, 5.41) is 41.1. The first-order valence-electron chi connectivity index (χ1n) is 20.2. The number of halogens is 1. The summed E-state index contributed by atoms with van der Waals surface area (Å²) in [5.74, 6) is 1.000. The maximum absolute atomic E-state index is 15.7. The van der Waals surface area contributed by atoms with E-state index in [4.69, 9.17) is 15.0 Å². The van der Waals surface area contributed by atoms with Crippen molar-refractivity contribution >= 4 is 21.8 Å². The molecule has 10 aromatic rings. The molecule has 64 heavy (non-hydrogen) atoms. The maximum Gasteiger partial charge on any atom is 0.166 e. The van der Waals surface area contributed by atoms with E-state index in [0.29, 0.717) is 73.2 Å². The molecule has 0 amide bonds. The highest BCUT2D eigenvalue weighted by atomic mass is 19.1. The van der Waals surface area contributed by atoms with Gasteiger partial charge >= 0.3 is 0 Å². The summed E-state index contributed by atoms with van der Waals surface area (Å²) >= 11 is 0. The van der Waals surface area contributed by atoms with Crippen molar-refractivity contribution in [1.29, 1.82) is 21.0 Å². The number of nitrogens with zero attached hydrogens (tertiary/aromatic N) is 8. The van der Waals surface area contributed by atoms with Crippen molar-refractivity contribution in [3.63, 3.8) is 0 Å². The third kappa shape index (κ3) is 7.04. The second-order valence-electron chi connectivity index (χ2n) is 15.1. The summed E-state index contributed by atoms with van der Waals surface area (Å²) in [6.07, 6.45) is 0. The minimum atomic E-state index is -0.372. The Morgan fingerprint density at radius 1 is 0.359 bits per heavy atom. The molecule has 0 fully saturated rings. The van der Waals surface area contributed by atoms with Crippen LogP contribution in [0.1, 0.15) is 22.3 Å². The van der Waals surface area contributed by atoms with E-state index in [1.807, 2.05) is 115 Å². The highest BCUT2D eigenvalue weighted by molar-refractivity contribution is 6.12. The average Bonchev–Trinajstić information content (AvgIpc) is 3.69. The van der Waals surface area contributed by atoms with Crippen LogP contribution in [0.4, 0.5) is 4.39 Å². The standard InChI is InChI=1S/C55H29FN8/c56-49-14-8-7-13-45(49)42-15-18-46(55-62-53(38-9-3-1-4-10-38)61-54(63-55)39-11-5-2-6-12-39)52(29-42)64-50-19-16-40(43-23-34(30-57)21-35(24-43)31-58)27-47(50)48-28-41(17-20-51(48)64)44-25-36(32-59)22-37(26-44)33-60/h1-29H. The third-order valence-corrected chi connectivity index (χ3v) is 11.2. The Hall–Kier alpha value is -9.54. The van der Waals surface area contributed by atoms with Gasteiger partial charge in [0.25, 0.3) is 0 Å². The van der Waals surface area contributed by atoms with Gasteiger partial charge in [-0.2, -0.15) is 21.0 Å². The van der Waals surface area contributed by atoms with Gasteiger partial charge in [0, 0.05) is 33.0 Å². The molecule has 10 rings (SSSR count). The molecule has 296 valence electrons. The molecular weight excluding hydrogens is 792 g/mol. The Labute approximate surface area is 366 Å². The molecule has 8 nitrogen and oxygen atoms in total. The predicted molar refractivity (Wildman–Crippen MR) is 246 cm³/mol. The molecule has 0 bridgehead atoms. The van der Waals surface area contributed by atoms with Crippen LogP contribution < -0.4 is 0 Å². The van der Waals surface area contributed by atoms with Crippen LogP contribution in [-0.2, 0) is 0 Å². The molecule has 0 aliphatic heterocycles. The van der Waals surface area contributed by atoms with Crippen molar-refractivity contribution in [2.24, 2.45) is 0 Å². The van der Waals surface area contributed by atoms with Gasteiger partial charge in [0.1, 0.15) is 5.82 Å². The normalized spacial score (nSPS) is 10.8. The minimum Gasteiger partial charge on any atom is -0.308 e. The van der Waals surface area contributed by atoms with Gasteiger partial charge in [-0.15, -0.1) is 0 Å². The van der Waals surface area contributed by atoms with Gasteiger partial charge in [-0.05, 0) is 107 Å². The number of benzene rings is 8. The fourth-order valence-electron chi connectivity index (χ4n) is 8.19. The quantitative estimate of drug-likeness (QED) is 0.156. The molecule has 0 saturated carbocycles. The van der Waals surface area contributed by atoms with Gasteiger partial charge in [-0.1, -0.05) is 97.1 Å². The number of hydrogen-bond donors (Lipinski definition) is 0. The highest BCUT2D eigenvalue weighted by Crippen LogP contribution is 2.41. The van der Waals surface area contributed by atoms with Crippen molar-refractivity contribution in [1.82, 2.24) is 19.5 Å². The Balaban J connectivity index is 1.30. The largest absolute Gasteiger partial charge is 0.308 e. The lowest BCUT2D eigenvalue weighted by Crippen LogP contribution is -2.04. The first kappa shape index (κ1) is 38.6. The van der Waals surface area contributed by atoms with E-state index in [2.05, 4.69) is 28.8 Å². The van der Waals surface area contributed by atoms with E-state index in [1.165, 1.54) is 6.07 Å². The molecule has 0 atom stereocenters. The third-order valence-electron chi connectivity index (χ3n) is 11.2. The van der Waals surface area contributed by atoms with Gasteiger partial charge < -0.3 is 4.57 Å². The van der Waals surface area contributed by atoms with Crippen LogP contribution in [0, 0.1) is 51.1 Å². The Morgan fingerprint density at radius 2 is 0.797 bits per heavy atom. The fraction of sp³-hybridized carbons (Fsp3) is 0. The lowest BCUT2D eigenvalue weighted by atomic mass is 9.97. The molecule has 0 saturated heterocycles. The van der Waals surface area contributed by atoms with Gasteiger partial charge in [-0.25, -0.2) is 19.3 Å². The zero-order valence-corrected chi connectivity index (χ0v) is 33.7. The smallest absolute Gasteiger partial charge is 0.166 e. The van der Waals surface area contributed by atoms with E-state index < -0.39 is 0 Å². The zero-order chi connectivity index (χ0) is 43.7. The summed E-state index contributed by atoms with van der Waals surface area (Å²) in [7, 11) is 0. The van der Waals surface area contributed by atoms with Crippen LogP contribution in [-0.4, -0.2) is 19.5 Å². The summed E-state index contributed by atoms with van der Waals surface area (Å²) in [6, 6.07) is 62.7. The molecule has 0 N–H and O–H groups in total. The molecular formula is C55H29FN8. The maximum atomic E-state index is 15.7. The lowest BCUT2D eigenvalue weighted by Gasteiger charge is -2.17. The van der Waals surface area contributed by atoms with Crippen LogP contribution in [0.3, 0.4) is 0 Å². The van der Waals surface area contributed by atoms with Crippen molar-refractivity contribution in [2.45, 2.75) is 0 Å². The topological polar surface area (TPSA) is 139 Å². The van der Waals surface area contributed by atoms with E-state index in [1.54, 1.807) is 54.6 Å². The van der Waals surface area contributed by atoms with Crippen molar-refractivity contribution in [2.75, 3.05) is 0 Å². The van der Waals surface area contributed by atoms with Crippen LogP contribution in [0.2, 0.25) is 0 Å². The lowest BCUT2D eigenvalue weighted by molar-refractivity contribution is 0.631. The van der Waals surface area contributed by atoms with Crippen LogP contribution >= 0.6 is 0 Å². The molecule has 0 radical (unpaired) electrons. The van der Waals surface area contributed by atoms with Crippen molar-refractivity contribution < 1.29 is 4.39 Å². The van der Waals surface area contributed by atoms with Gasteiger partial charge in [-0.3, -0.25) is 0 Å². The van der Waals surface area contributed by atoms with E-state index in [0.717, 1.165) is 44.1 Å². The minimum absolute atomic E-state index is 0.362. The van der Waals surface area contributed by atoms with Gasteiger partial charge in [0.05, 0.1) is 63.3 Å². The average molecular weight is 821 g/mol. The second-order valence-corrected chi connectivity index (χ2v) is 15.1. The molecule has 2 aromatic heterocycles. The molecule has 2 heterocycles. The number of aromatic nitrogens is 4. The molecule has 0 aliphatic rings. The molecule has 0 unspecified atom stereocenters. The molecule has 0 aliphatic carbocycles. The predicted octanol–water partition coefficient (Wildman–Crippen LogP) is 12.6. The number of rotatable bonds is 7. The molecule has 0 spiro atoms. The van der Waals surface area contributed by atoms with E-state index in [9.17, 15) is 21.0 Å². The van der Waals surface area contributed by atoms with Crippen LogP contribution in [0.25, 0.3) is 95.0 Å². The first-order valence-corrected chi connectivity index (χ1v) is 20.2. The van der Waals surface area contributed by atoms with Crippen LogP contribution in [0.15, 0.2) is 176 Å². The number of hydrogen-bond acceptors (Lipinski definition) is 7. The highest BCUT2D eigenvalue weighted by Gasteiger charge is 2.22. The Morgan fingerprint density at radius 3 is 1.27 bits per heavy atom. The summed E-state index contributed by atoms with van der Waals surface area (Å²) < 4.78 is 17.8. The molecule has 9 heteroatoms. The Kier molecular flexibility index (Phi) is 9.75. The zero-order valence-electron chi connectivity index (χ0n) is 33.7. The van der Waals surface area contributed by atoms with Crippen LogP contribution in [0.5, 0.6) is 0 Å². The fourth-order valence-corrected chi connectivity index (χ4v) is 8.19. The Bertz CT molecular complexity index is 3420. The van der Waals surface area contributed by atoms with Crippen molar-refractivity contribution in [3.05, 3.63) is 204 Å². The van der Waals surface area contributed by atoms with E-state index in [-0.39, 0.29) is 5.82 Å². The number of nitriles is 4. The summed E-state index contributed by atoms with van der Waals surface area (Å²) in [4.78, 5) is 15.2. The van der Waals surface area contributed by atoms with Gasteiger partial charge in [0.2, 0.25) is 0 Å². The number of fused-ring (bicyclic) bond motifs is 3. The first-order chi connectivity index (χ1) is 31.4. The van der Waals surface area contributed by atoms with E-state index >= 15 is 4.39 Å². The monoisotopic (exact) mass is 820 g/mol. The second kappa shape index (κ2) is 16.1.